The molecule has 124 valence electrons. The van der Waals surface area contributed by atoms with Crippen LogP contribution in [0.5, 0.6) is 0 Å². The topological polar surface area (TPSA) is 79.8 Å². The van der Waals surface area contributed by atoms with Gasteiger partial charge in [0, 0.05) is 15.8 Å². The molecule has 2 aromatic heterocycles. The first-order valence-corrected chi connectivity index (χ1v) is 8.58. The van der Waals surface area contributed by atoms with E-state index in [1.165, 1.54) is 15.3 Å². The van der Waals surface area contributed by atoms with Crippen molar-refractivity contribution in [3.8, 4) is 0 Å². The Morgan fingerprint density at radius 1 is 1.22 bits per heavy atom. The molecule has 2 rings (SSSR count). The Bertz CT molecular complexity index is 670. The van der Waals surface area contributed by atoms with Gasteiger partial charge in [-0.05, 0) is 51.7 Å². The summed E-state index contributed by atoms with van der Waals surface area (Å²) >= 11 is 1.87. The van der Waals surface area contributed by atoms with Crippen molar-refractivity contribution in [1.29, 1.82) is 0 Å². The average Bonchev–Trinajstić information content (AvgIpc) is 2.81. The van der Waals surface area contributed by atoms with Crippen LogP contribution in [0.25, 0.3) is 0 Å². The fourth-order valence-corrected chi connectivity index (χ4v) is 3.53. The Labute approximate surface area is 140 Å². The van der Waals surface area contributed by atoms with Crippen molar-refractivity contribution >= 4 is 29.6 Å². The second-order valence-electron chi connectivity index (χ2n) is 5.54. The van der Waals surface area contributed by atoms with Crippen molar-refractivity contribution in [2.45, 2.75) is 53.0 Å². The van der Waals surface area contributed by atoms with E-state index in [-0.39, 0.29) is 12.0 Å². The van der Waals surface area contributed by atoms with Gasteiger partial charge in [-0.15, -0.1) is 11.3 Å². The number of rotatable bonds is 8. The van der Waals surface area contributed by atoms with Gasteiger partial charge in [-0.2, -0.15) is 15.0 Å². The first-order valence-electron chi connectivity index (χ1n) is 7.77. The fraction of sp³-hybridized carbons (Fsp3) is 0.500. The number of carbonyl (C=O) groups excluding carboxylic acids is 1. The van der Waals surface area contributed by atoms with Crippen molar-refractivity contribution in [2.24, 2.45) is 0 Å². The third-order valence-electron chi connectivity index (χ3n) is 3.62. The molecule has 0 aliphatic carbocycles. The molecule has 2 N–H and O–H groups in total. The van der Waals surface area contributed by atoms with Crippen LogP contribution in [-0.2, 0) is 11.2 Å². The first kappa shape index (κ1) is 17.3. The number of nitrogens with one attached hydrogen (secondary N) is 2. The molecule has 0 saturated carbocycles. The molecule has 0 bridgehead atoms. The number of anilines is 2. The number of carbonyl (C=O) groups is 1. The molecule has 1 amide bonds. The van der Waals surface area contributed by atoms with Crippen molar-refractivity contribution in [3.05, 3.63) is 27.2 Å². The number of thiophene rings is 1. The zero-order chi connectivity index (χ0) is 16.8. The van der Waals surface area contributed by atoms with Crippen molar-refractivity contribution in [2.75, 3.05) is 10.6 Å². The minimum atomic E-state index is 0.273. The number of hydrogen-bond acceptors (Lipinski definition) is 6. The van der Waals surface area contributed by atoms with Crippen molar-refractivity contribution in [3.63, 3.8) is 0 Å². The molecule has 0 spiro atoms. The quantitative estimate of drug-likeness (QED) is 0.725. The SMILES string of the molecule is CCC(CCc1sc(C)cc1C)Nc1nc(C)nc(NC=O)n1. The van der Waals surface area contributed by atoms with Gasteiger partial charge >= 0.3 is 0 Å². The maximum Gasteiger partial charge on any atom is 0.234 e. The van der Waals surface area contributed by atoms with Crippen LogP contribution in [0.3, 0.4) is 0 Å². The Balaban J connectivity index is 2.01. The van der Waals surface area contributed by atoms with Gasteiger partial charge in [-0.3, -0.25) is 10.1 Å². The molecule has 7 heteroatoms. The first-order chi connectivity index (χ1) is 11.0. The Kier molecular flexibility index (Phi) is 6.04. The van der Waals surface area contributed by atoms with Crippen LogP contribution in [-0.4, -0.2) is 27.4 Å². The second-order valence-corrected chi connectivity index (χ2v) is 6.88. The molecule has 1 unspecified atom stereocenters. The van der Waals surface area contributed by atoms with E-state index in [1.807, 2.05) is 11.3 Å². The van der Waals surface area contributed by atoms with E-state index in [0.29, 0.717) is 18.2 Å². The number of aromatic nitrogens is 3. The summed E-state index contributed by atoms with van der Waals surface area (Å²) in [7, 11) is 0. The van der Waals surface area contributed by atoms with Crippen LogP contribution in [0.1, 0.15) is 40.9 Å². The minimum absolute atomic E-state index is 0.273. The van der Waals surface area contributed by atoms with Gasteiger partial charge in [0.05, 0.1) is 0 Å². The van der Waals surface area contributed by atoms with Crippen LogP contribution < -0.4 is 10.6 Å². The number of nitrogens with zero attached hydrogens (tertiary/aromatic N) is 3. The molecule has 2 aromatic rings. The highest BCUT2D eigenvalue weighted by molar-refractivity contribution is 7.12. The van der Waals surface area contributed by atoms with E-state index in [4.69, 9.17) is 0 Å². The summed E-state index contributed by atoms with van der Waals surface area (Å²) in [6, 6.07) is 2.52. The average molecular weight is 333 g/mol. The highest BCUT2D eigenvalue weighted by Gasteiger charge is 2.12. The van der Waals surface area contributed by atoms with Gasteiger partial charge in [0.15, 0.2) is 0 Å². The van der Waals surface area contributed by atoms with Gasteiger partial charge in [0.25, 0.3) is 0 Å². The molecule has 0 radical (unpaired) electrons. The van der Waals surface area contributed by atoms with E-state index in [2.05, 4.69) is 52.4 Å². The van der Waals surface area contributed by atoms with Gasteiger partial charge in [-0.1, -0.05) is 6.92 Å². The summed E-state index contributed by atoms with van der Waals surface area (Å²) in [5.74, 6) is 1.36. The fourth-order valence-electron chi connectivity index (χ4n) is 2.47. The Morgan fingerprint density at radius 3 is 2.57 bits per heavy atom. The van der Waals surface area contributed by atoms with Crippen LogP contribution in [0.15, 0.2) is 6.07 Å². The van der Waals surface area contributed by atoms with Gasteiger partial charge in [0.1, 0.15) is 5.82 Å². The molecule has 0 aliphatic rings. The summed E-state index contributed by atoms with van der Waals surface area (Å²) in [5.41, 5.74) is 1.37. The molecular formula is C16H23N5OS. The summed E-state index contributed by atoms with van der Waals surface area (Å²) < 4.78 is 0. The monoisotopic (exact) mass is 333 g/mol. The Hall–Kier alpha value is -2.02. The van der Waals surface area contributed by atoms with Crippen LogP contribution >= 0.6 is 11.3 Å². The summed E-state index contributed by atoms with van der Waals surface area (Å²) in [5, 5.41) is 5.82. The van der Waals surface area contributed by atoms with Crippen LogP contribution in [0, 0.1) is 20.8 Å². The summed E-state index contributed by atoms with van der Waals surface area (Å²) in [6.45, 7) is 8.23. The number of aryl methyl sites for hydroxylation is 4. The zero-order valence-electron chi connectivity index (χ0n) is 14.0. The molecule has 0 aliphatic heterocycles. The minimum Gasteiger partial charge on any atom is -0.351 e. The molecule has 2 heterocycles. The van der Waals surface area contributed by atoms with Crippen LogP contribution in [0.4, 0.5) is 11.9 Å². The number of amides is 1. The highest BCUT2D eigenvalue weighted by Crippen LogP contribution is 2.23. The van der Waals surface area contributed by atoms with Gasteiger partial charge < -0.3 is 5.32 Å². The third-order valence-corrected chi connectivity index (χ3v) is 4.84. The maximum absolute atomic E-state index is 10.5. The predicted octanol–water partition coefficient (Wildman–Crippen LogP) is 3.25. The van der Waals surface area contributed by atoms with Gasteiger partial charge in [-0.25, -0.2) is 0 Å². The van der Waals surface area contributed by atoms with E-state index in [0.717, 1.165) is 19.3 Å². The molecule has 23 heavy (non-hydrogen) atoms. The highest BCUT2D eigenvalue weighted by atomic mass is 32.1. The maximum atomic E-state index is 10.5. The Morgan fingerprint density at radius 2 is 1.96 bits per heavy atom. The molecule has 6 nitrogen and oxygen atoms in total. The normalized spacial score (nSPS) is 12.0. The lowest BCUT2D eigenvalue weighted by molar-refractivity contribution is -0.105. The van der Waals surface area contributed by atoms with Gasteiger partial charge in [0.2, 0.25) is 18.3 Å². The third kappa shape index (κ3) is 4.99. The van der Waals surface area contributed by atoms with E-state index < -0.39 is 0 Å². The van der Waals surface area contributed by atoms with Crippen molar-refractivity contribution in [1.82, 2.24) is 15.0 Å². The standard InChI is InChI=1S/C16H23N5OS/c1-5-13(6-7-14-10(2)8-11(3)23-14)20-16-19-12(4)18-15(21-16)17-9-22/h8-9,13H,5-7H2,1-4H3,(H2,17,18,19,20,21,22). The molecule has 0 saturated heterocycles. The summed E-state index contributed by atoms with van der Waals surface area (Å²) in [4.78, 5) is 25.9. The van der Waals surface area contributed by atoms with E-state index >= 15 is 0 Å². The molecule has 0 aromatic carbocycles. The lowest BCUT2D eigenvalue weighted by Crippen LogP contribution is -2.21. The smallest absolute Gasteiger partial charge is 0.234 e. The van der Waals surface area contributed by atoms with E-state index in [1.54, 1.807) is 6.92 Å². The molecular weight excluding hydrogens is 310 g/mol. The zero-order valence-corrected chi connectivity index (χ0v) is 14.8. The largest absolute Gasteiger partial charge is 0.351 e. The van der Waals surface area contributed by atoms with Crippen molar-refractivity contribution < 1.29 is 4.79 Å². The van der Waals surface area contributed by atoms with E-state index in [9.17, 15) is 4.79 Å². The summed E-state index contributed by atoms with van der Waals surface area (Å²) in [6.07, 6.45) is 3.60. The molecule has 1 atom stereocenters. The second kappa shape index (κ2) is 8.01. The number of hydrogen-bond donors (Lipinski definition) is 2. The molecule has 0 fully saturated rings. The van der Waals surface area contributed by atoms with Crippen LogP contribution in [0.2, 0.25) is 0 Å². The lowest BCUT2D eigenvalue weighted by atomic mass is 10.1. The lowest BCUT2D eigenvalue weighted by Gasteiger charge is -2.17. The predicted molar refractivity (Wildman–Crippen MR) is 94.1 cm³/mol.